The molecule has 4 N–H and O–H groups in total. The van der Waals surface area contributed by atoms with E-state index in [1.807, 2.05) is 24.3 Å². The Hall–Kier alpha value is -3.72. The fourth-order valence-electron chi connectivity index (χ4n) is 3.24. The summed E-state index contributed by atoms with van der Waals surface area (Å²) in [5, 5.41) is 40.0. The van der Waals surface area contributed by atoms with Crippen molar-refractivity contribution in [1.82, 2.24) is 14.9 Å². The van der Waals surface area contributed by atoms with E-state index in [0.29, 0.717) is 17.0 Å². The molecule has 0 fully saturated rings. The van der Waals surface area contributed by atoms with Gasteiger partial charge in [0.15, 0.2) is 0 Å². The standard InChI is InChI=1S/C19H17N5O4/c20-18-17(19-21-13-3-1-2-4-14(13)22-19)16(26)10-23(18)9-15(25)11-5-7-12(8-6-11)24(27)28/h1-8,15,20,25-26H,9-10H2,(H,21,22). The van der Waals surface area contributed by atoms with Crippen LogP contribution in [0.5, 0.6) is 0 Å². The number of aliphatic hydroxyl groups is 2. The highest BCUT2D eigenvalue weighted by molar-refractivity contribution is 6.23. The molecule has 3 aromatic rings. The normalized spacial score (nSPS) is 15.5. The van der Waals surface area contributed by atoms with Crippen molar-refractivity contribution in [3.05, 3.63) is 75.8 Å². The van der Waals surface area contributed by atoms with Gasteiger partial charge >= 0.3 is 0 Å². The zero-order chi connectivity index (χ0) is 19.8. The summed E-state index contributed by atoms with van der Waals surface area (Å²) >= 11 is 0. The maximum absolute atomic E-state index is 10.7. The Bertz CT molecular complexity index is 1070. The molecule has 1 aliphatic heterocycles. The predicted molar refractivity (Wildman–Crippen MR) is 103 cm³/mol. The van der Waals surface area contributed by atoms with E-state index < -0.39 is 11.0 Å². The molecule has 2 aromatic carbocycles. The molecule has 0 aliphatic carbocycles. The number of aromatic amines is 1. The molecule has 1 atom stereocenters. The van der Waals surface area contributed by atoms with Crippen molar-refractivity contribution in [2.24, 2.45) is 0 Å². The maximum atomic E-state index is 10.7. The monoisotopic (exact) mass is 379 g/mol. The number of rotatable bonds is 5. The van der Waals surface area contributed by atoms with E-state index in [9.17, 15) is 20.3 Å². The largest absolute Gasteiger partial charge is 0.510 e. The van der Waals surface area contributed by atoms with Gasteiger partial charge in [-0.2, -0.15) is 0 Å². The Morgan fingerprint density at radius 3 is 2.64 bits per heavy atom. The first kappa shape index (κ1) is 17.7. The number of benzene rings is 2. The van der Waals surface area contributed by atoms with Gasteiger partial charge in [0, 0.05) is 12.1 Å². The molecule has 0 saturated heterocycles. The van der Waals surface area contributed by atoms with Gasteiger partial charge in [-0.3, -0.25) is 15.5 Å². The fraction of sp³-hybridized carbons (Fsp3) is 0.158. The molecular weight excluding hydrogens is 362 g/mol. The molecule has 0 radical (unpaired) electrons. The van der Waals surface area contributed by atoms with Gasteiger partial charge in [0.1, 0.15) is 17.4 Å². The van der Waals surface area contributed by atoms with Crippen LogP contribution in [0, 0.1) is 15.5 Å². The molecule has 28 heavy (non-hydrogen) atoms. The molecule has 1 aromatic heterocycles. The van der Waals surface area contributed by atoms with Crippen LogP contribution in [0.4, 0.5) is 5.69 Å². The summed E-state index contributed by atoms with van der Waals surface area (Å²) in [4.78, 5) is 19.3. The Kier molecular flexibility index (Phi) is 4.28. The minimum absolute atomic E-state index is 0.0000411. The lowest BCUT2D eigenvalue weighted by Crippen LogP contribution is -2.31. The van der Waals surface area contributed by atoms with E-state index in [0.717, 1.165) is 11.0 Å². The number of fused-ring (bicyclic) bond motifs is 1. The second-order valence-electron chi connectivity index (χ2n) is 6.52. The van der Waals surface area contributed by atoms with E-state index in [1.165, 1.54) is 29.2 Å². The number of nitro benzene ring substituents is 1. The third-order valence-electron chi connectivity index (χ3n) is 4.69. The van der Waals surface area contributed by atoms with Crippen LogP contribution in [0.3, 0.4) is 0 Å². The third kappa shape index (κ3) is 3.08. The molecule has 1 aliphatic rings. The SMILES string of the molecule is N=C1C(c2nc3ccccc3[nH]2)=C(O)CN1CC(O)c1ccc([N+](=O)[O-])cc1. The van der Waals surface area contributed by atoms with Crippen molar-refractivity contribution >= 4 is 28.1 Å². The average molecular weight is 379 g/mol. The minimum atomic E-state index is -0.969. The lowest BCUT2D eigenvalue weighted by molar-refractivity contribution is -0.384. The van der Waals surface area contributed by atoms with Gasteiger partial charge in [-0.25, -0.2) is 4.98 Å². The molecule has 0 spiro atoms. The molecule has 9 nitrogen and oxygen atoms in total. The van der Waals surface area contributed by atoms with Gasteiger partial charge in [0.05, 0.1) is 40.7 Å². The van der Waals surface area contributed by atoms with E-state index in [2.05, 4.69) is 9.97 Å². The van der Waals surface area contributed by atoms with Crippen molar-refractivity contribution in [3.8, 4) is 0 Å². The van der Waals surface area contributed by atoms with Crippen LogP contribution in [0.25, 0.3) is 16.6 Å². The van der Waals surface area contributed by atoms with Gasteiger partial charge in [-0.15, -0.1) is 0 Å². The summed E-state index contributed by atoms with van der Waals surface area (Å²) in [7, 11) is 0. The molecule has 4 rings (SSSR count). The minimum Gasteiger partial charge on any atom is -0.510 e. The molecular formula is C19H17N5O4. The van der Waals surface area contributed by atoms with Crippen LogP contribution in [-0.2, 0) is 0 Å². The van der Waals surface area contributed by atoms with Crippen LogP contribution in [0.2, 0.25) is 0 Å². The number of imidazole rings is 1. The summed E-state index contributed by atoms with van der Waals surface area (Å²) < 4.78 is 0. The number of amidine groups is 1. The van der Waals surface area contributed by atoms with Gasteiger partial charge in [0.2, 0.25) is 0 Å². The summed E-state index contributed by atoms with van der Waals surface area (Å²) in [5.74, 6) is 0.452. The van der Waals surface area contributed by atoms with Crippen LogP contribution < -0.4 is 0 Å². The number of nitrogens with one attached hydrogen (secondary N) is 2. The topological polar surface area (TPSA) is 139 Å². The quantitative estimate of drug-likeness (QED) is 0.397. The molecule has 0 amide bonds. The van der Waals surface area contributed by atoms with Crippen molar-refractivity contribution < 1.29 is 15.1 Å². The molecule has 142 valence electrons. The second kappa shape index (κ2) is 6.78. The fourth-order valence-corrected chi connectivity index (χ4v) is 3.24. The number of non-ortho nitro benzene ring substituents is 1. The average Bonchev–Trinajstić information content (AvgIpc) is 3.22. The number of H-pyrrole nitrogens is 1. The van der Waals surface area contributed by atoms with Crippen LogP contribution >= 0.6 is 0 Å². The first-order valence-corrected chi connectivity index (χ1v) is 8.57. The lowest BCUT2D eigenvalue weighted by Gasteiger charge is -2.22. The highest BCUT2D eigenvalue weighted by atomic mass is 16.6. The summed E-state index contributed by atoms with van der Waals surface area (Å²) in [6.45, 7) is 0.139. The molecule has 9 heteroatoms. The van der Waals surface area contributed by atoms with E-state index in [-0.39, 0.29) is 30.4 Å². The Morgan fingerprint density at radius 2 is 1.96 bits per heavy atom. The smallest absolute Gasteiger partial charge is 0.269 e. The van der Waals surface area contributed by atoms with Crippen molar-refractivity contribution in [3.63, 3.8) is 0 Å². The van der Waals surface area contributed by atoms with Crippen molar-refractivity contribution in [1.29, 1.82) is 5.41 Å². The second-order valence-corrected chi connectivity index (χ2v) is 6.52. The van der Waals surface area contributed by atoms with Crippen LogP contribution in [0.1, 0.15) is 17.5 Å². The zero-order valence-electron chi connectivity index (χ0n) is 14.7. The van der Waals surface area contributed by atoms with Crippen LogP contribution in [0.15, 0.2) is 54.3 Å². The lowest BCUT2D eigenvalue weighted by atomic mass is 10.1. The summed E-state index contributed by atoms with van der Waals surface area (Å²) in [6.07, 6.45) is -0.969. The number of para-hydroxylation sites is 2. The molecule has 1 unspecified atom stereocenters. The van der Waals surface area contributed by atoms with Crippen LogP contribution in [-0.4, -0.2) is 48.9 Å². The Balaban J connectivity index is 1.52. The Morgan fingerprint density at radius 1 is 1.25 bits per heavy atom. The molecule has 2 heterocycles. The summed E-state index contributed by atoms with van der Waals surface area (Å²) in [6, 6.07) is 13.0. The number of β-amino-alcohol motifs (C(OH)–C–C–N with tert-alkyl or cyclic N) is 1. The van der Waals surface area contributed by atoms with E-state index >= 15 is 0 Å². The van der Waals surface area contributed by atoms with E-state index in [4.69, 9.17) is 5.41 Å². The molecule has 0 bridgehead atoms. The maximum Gasteiger partial charge on any atom is 0.269 e. The predicted octanol–water partition coefficient (Wildman–Crippen LogP) is 2.77. The zero-order valence-corrected chi connectivity index (χ0v) is 14.7. The van der Waals surface area contributed by atoms with Gasteiger partial charge in [-0.1, -0.05) is 12.1 Å². The Labute approximate surface area is 159 Å². The number of hydrogen-bond acceptors (Lipinski definition) is 6. The number of aromatic nitrogens is 2. The summed E-state index contributed by atoms with van der Waals surface area (Å²) in [5.41, 5.74) is 2.27. The number of aliphatic hydroxyl groups excluding tert-OH is 2. The molecule has 0 saturated carbocycles. The van der Waals surface area contributed by atoms with E-state index in [1.54, 1.807) is 0 Å². The highest BCUT2D eigenvalue weighted by Gasteiger charge is 2.31. The van der Waals surface area contributed by atoms with Gasteiger partial charge in [-0.05, 0) is 29.8 Å². The van der Waals surface area contributed by atoms with Gasteiger partial charge < -0.3 is 20.1 Å². The highest BCUT2D eigenvalue weighted by Crippen LogP contribution is 2.29. The first-order chi connectivity index (χ1) is 13.4. The number of hydrogen-bond donors (Lipinski definition) is 4. The number of nitrogens with zero attached hydrogens (tertiary/aromatic N) is 3. The van der Waals surface area contributed by atoms with Crippen molar-refractivity contribution in [2.75, 3.05) is 13.1 Å². The van der Waals surface area contributed by atoms with Gasteiger partial charge in [0.25, 0.3) is 5.69 Å². The number of nitro groups is 1. The van der Waals surface area contributed by atoms with Crippen molar-refractivity contribution in [2.45, 2.75) is 6.10 Å². The first-order valence-electron chi connectivity index (χ1n) is 8.57. The third-order valence-corrected chi connectivity index (χ3v) is 4.69.